The summed E-state index contributed by atoms with van der Waals surface area (Å²) in [6, 6.07) is 8.75. The van der Waals surface area contributed by atoms with E-state index in [1.54, 1.807) is 36.5 Å². The van der Waals surface area contributed by atoms with Gasteiger partial charge in [0.25, 0.3) is 0 Å². The summed E-state index contributed by atoms with van der Waals surface area (Å²) in [5.74, 6) is 1.28. The zero-order chi connectivity index (χ0) is 14.7. The molecule has 0 saturated heterocycles. The van der Waals surface area contributed by atoms with Gasteiger partial charge in [0, 0.05) is 5.75 Å². The van der Waals surface area contributed by atoms with Gasteiger partial charge in [-0.25, -0.2) is 4.39 Å². The lowest BCUT2D eigenvalue weighted by molar-refractivity contribution is 0.484. The number of nitrogens with zero attached hydrogens (tertiary/aromatic N) is 3. The van der Waals surface area contributed by atoms with Gasteiger partial charge in [-0.2, -0.15) is 0 Å². The van der Waals surface area contributed by atoms with E-state index in [0.717, 1.165) is 16.5 Å². The normalized spacial score (nSPS) is 11.0. The van der Waals surface area contributed by atoms with Gasteiger partial charge in [0.1, 0.15) is 17.9 Å². The number of thioether (sulfide) groups is 1. The molecule has 0 radical (unpaired) electrons. The van der Waals surface area contributed by atoms with Crippen molar-refractivity contribution in [2.75, 3.05) is 0 Å². The Bertz CT molecular complexity index is 730. The van der Waals surface area contributed by atoms with Crippen molar-refractivity contribution in [3.8, 4) is 0 Å². The van der Waals surface area contributed by atoms with E-state index in [2.05, 4.69) is 26.1 Å². The second kappa shape index (κ2) is 6.44. The van der Waals surface area contributed by atoms with Gasteiger partial charge in [-0.1, -0.05) is 17.8 Å². The van der Waals surface area contributed by atoms with Crippen molar-refractivity contribution < 1.29 is 8.81 Å². The molecule has 3 rings (SSSR count). The number of hydrogen-bond acceptors (Lipinski definition) is 4. The lowest BCUT2D eigenvalue weighted by Crippen LogP contribution is -1.99. The molecular formula is C14H11BrFN3OS. The molecule has 3 aromatic rings. The largest absolute Gasteiger partial charge is 0.467 e. The van der Waals surface area contributed by atoms with E-state index in [1.165, 1.54) is 6.07 Å². The fourth-order valence-electron chi connectivity index (χ4n) is 1.81. The Morgan fingerprint density at radius 2 is 2.24 bits per heavy atom. The summed E-state index contributed by atoms with van der Waals surface area (Å²) in [5.41, 5.74) is 1.01. The summed E-state index contributed by atoms with van der Waals surface area (Å²) in [7, 11) is 0. The molecule has 0 aliphatic rings. The Labute approximate surface area is 133 Å². The number of hydrogen-bond donors (Lipinski definition) is 0. The molecule has 2 aromatic heterocycles. The third-order valence-corrected chi connectivity index (χ3v) is 4.50. The van der Waals surface area contributed by atoms with Gasteiger partial charge in [-0.05, 0) is 45.8 Å². The maximum atomic E-state index is 13.2. The van der Waals surface area contributed by atoms with E-state index in [1.807, 2.05) is 16.7 Å². The molecule has 0 spiro atoms. The Kier molecular flexibility index (Phi) is 4.40. The summed E-state index contributed by atoms with van der Waals surface area (Å²) in [5, 5.41) is 8.83. The molecule has 0 unspecified atom stereocenters. The monoisotopic (exact) mass is 367 g/mol. The molecule has 1 aromatic carbocycles. The molecule has 0 atom stereocenters. The standard InChI is InChI=1S/C14H11BrFN3OS/c15-12-6-10(3-4-13(12)16)8-21-14-18-17-9-19(14)7-11-2-1-5-20-11/h1-6,9H,7-8H2. The second-order valence-corrected chi connectivity index (χ2v) is 6.15. The lowest BCUT2D eigenvalue weighted by Gasteiger charge is -2.05. The predicted molar refractivity (Wildman–Crippen MR) is 81.5 cm³/mol. The molecular weight excluding hydrogens is 357 g/mol. The maximum Gasteiger partial charge on any atom is 0.191 e. The van der Waals surface area contributed by atoms with Crippen molar-refractivity contribution in [3.05, 3.63) is 64.5 Å². The first-order chi connectivity index (χ1) is 10.2. The van der Waals surface area contributed by atoms with Crippen LogP contribution in [0.5, 0.6) is 0 Å². The summed E-state index contributed by atoms with van der Waals surface area (Å²) < 4.78 is 20.9. The summed E-state index contributed by atoms with van der Waals surface area (Å²) >= 11 is 4.74. The zero-order valence-electron chi connectivity index (χ0n) is 10.9. The lowest BCUT2D eigenvalue weighted by atomic mass is 10.2. The molecule has 2 heterocycles. The van der Waals surface area contributed by atoms with Gasteiger partial charge < -0.3 is 8.98 Å². The third-order valence-electron chi connectivity index (χ3n) is 2.84. The number of aromatic nitrogens is 3. The van der Waals surface area contributed by atoms with Gasteiger partial charge in [-0.3, -0.25) is 0 Å². The predicted octanol–water partition coefficient (Wildman–Crippen LogP) is 4.11. The van der Waals surface area contributed by atoms with Crippen LogP contribution in [0.25, 0.3) is 0 Å². The highest BCUT2D eigenvalue weighted by Gasteiger charge is 2.08. The van der Waals surface area contributed by atoms with Crippen molar-refractivity contribution in [3.63, 3.8) is 0 Å². The van der Waals surface area contributed by atoms with E-state index in [4.69, 9.17) is 4.42 Å². The fraction of sp³-hybridized carbons (Fsp3) is 0.143. The van der Waals surface area contributed by atoms with Crippen LogP contribution in [0.15, 0.2) is 57.0 Å². The molecule has 108 valence electrons. The minimum atomic E-state index is -0.260. The highest BCUT2D eigenvalue weighted by molar-refractivity contribution is 9.10. The Morgan fingerprint density at radius 1 is 1.33 bits per heavy atom. The average molecular weight is 368 g/mol. The van der Waals surface area contributed by atoms with Crippen LogP contribution in [-0.2, 0) is 12.3 Å². The maximum absolute atomic E-state index is 13.2. The van der Waals surface area contributed by atoms with Crippen LogP contribution in [0.4, 0.5) is 4.39 Å². The van der Waals surface area contributed by atoms with Gasteiger partial charge >= 0.3 is 0 Å². The second-order valence-electron chi connectivity index (χ2n) is 4.36. The van der Waals surface area contributed by atoms with Crippen LogP contribution < -0.4 is 0 Å². The molecule has 7 heteroatoms. The zero-order valence-corrected chi connectivity index (χ0v) is 13.3. The van der Waals surface area contributed by atoms with E-state index in [-0.39, 0.29) is 5.82 Å². The van der Waals surface area contributed by atoms with Crippen LogP contribution in [0.3, 0.4) is 0 Å². The van der Waals surface area contributed by atoms with Crippen molar-refractivity contribution in [2.24, 2.45) is 0 Å². The first-order valence-corrected chi connectivity index (χ1v) is 7.97. The number of halogens is 2. The van der Waals surface area contributed by atoms with Crippen molar-refractivity contribution in [1.29, 1.82) is 0 Å². The van der Waals surface area contributed by atoms with Gasteiger partial charge in [0.2, 0.25) is 0 Å². The van der Waals surface area contributed by atoms with Crippen molar-refractivity contribution in [1.82, 2.24) is 14.8 Å². The van der Waals surface area contributed by atoms with Crippen LogP contribution in [0.2, 0.25) is 0 Å². The minimum absolute atomic E-state index is 0.260. The van der Waals surface area contributed by atoms with Gasteiger partial charge in [-0.15, -0.1) is 10.2 Å². The van der Waals surface area contributed by atoms with Crippen LogP contribution >= 0.6 is 27.7 Å². The fourth-order valence-corrected chi connectivity index (χ4v) is 3.10. The third kappa shape index (κ3) is 3.54. The summed E-state index contributed by atoms with van der Waals surface area (Å²) in [6.45, 7) is 0.593. The van der Waals surface area contributed by atoms with E-state index < -0.39 is 0 Å². The highest BCUT2D eigenvalue weighted by Crippen LogP contribution is 2.24. The smallest absolute Gasteiger partial charge is 0.191 e. The van der Waals surface area contributed by atoms with Crippen LogP contribution in [-0.4, -0.2) is 14.8 Å². The molecule has 0 bridgehead atoms. The number of rotatable bonds is 5. The SMILES string of the molecule is Fc1ccc(CSc2nncn2Cc2ccco2)cc1Br. The molecule has 0 aliphatic carbocycles. The van der Waals surface area contributed by atoms with Crippen LogP contribution in [0, 0.1) is 5.82 Å². The average Bonchev–Trinajstić information content (AvgIpc) is 3.13. The first-order valence-electron chi connectivity index (χ1n) is 6.19. The molecule has 21 heavy (non-hydrogen) atoms. The molecule has 0 fully saturated rings. The molecule has 4 nitrogen and oxygen atoms in total. The van der Waals surface area contributed by atoms with Crippen molar-refractivity contribution in [2.45, 2.75) is 17.5 Å². The van der Waals surface area contributed by atoms with Crippen molar-refractivity contribution >= 4 is 27.7 Å². The van der Waals surface area contributed by atoms with E-state index in [9.17, 15) is 4.39 Å². The molecule has 0 amide bonds. The molecule has 0 aliphatic heterocycles. The Balaban J connectivity index is 1.68. The van der Waals surface area contributed by atoms with E-state index >= 15 is 0 Å². The number of furan rings is 1. The Morgan fingerprint density at radius 3 is 3.00 bits per heavy atom. The van der Waals surface area contributed by atoms with E-state index in [0.29, 0.717) is 16.8 Å². The molecule has 0 N–H and O–H groups in total. The Hall–Kier alpha value is -1.60. The summed E-state index contributed by atoms with van der Waals surface area (Å²) in [6.07, 6.45) is 3.31. The quantitative estimate of drug-likeness (QED) is 0.636. The first kappa shape index (κ1) is 14.3. The topological polar surface area (TPSA) is 43.9 Å². The summed E-state index contributed by atoms with van der Waals surface area (Å²) in [4.78, 5) is 0. The van der Waals surface area contributed by atoms with Gasteiger partial charge in [0.15, 0.2) is 5.16 Å². The number of benzene rings is 1. The highest BCUT2D eigenvalue weighted by atomic mass is 79.9. The molecule has 0 saturated carbocycles. The van der Waals surface area contributed by atoms with Crippen LogP contribution in [0.1, 0.15) is 11.3 Å². The van der Waals surface area contributed by atoms with Gasteiger partial charge in [0.05, 0.1) is 17.3 Å². The minimum Gasteiger partial charge on any atom is -0.467 e.